The number of nitrogens with zero attached hydrogens (tertiary/aromatic N) is 1. The van der Waals surface area contributed by atoms with E-state index in [4.69, 9.17) is 65.6 Å². The number of nitrogens with two attached hydrogens (primary N) is 2. The van der Waals surface area contributed by atoms with Crippen LogP contribution in [0.2, 0.25) is 15.1 Å². The maximum atomic E-state index is 10.8. The van der Waals surface area contributed by atoms with Crippen LogP contribution in [0.5, 0.6) is 17.2 Å². The Kier molecular flexibility index (Phi) is 9.78. The molecule has 0 saturated carbocycles. The second kappa shape index (κ2) is 13.1. The minimum Gasteiger partial charge on any atom is -0.489 e. The van der Waals surface area contributed by atoms with Gasteiger partial charge in [-0.2, -0.15) is 0 Å². The highest BCUT2D eigenvalue weighted by atomic mass is 35.5. The molecular weight excluding hydrogens is 605 g/mol. The van der Waals surface area contributed by atoms with Crippen molar-refractivity contribution < 1.29 is 28.9 Å². The third-order valence-electron chi connectivity index (χ3n) is 7.22. The van der Waals surface area contributed by atoms with Gasteiger partial charge >= 0.3 is 5.97 Å². The molecule has 0 saturated heterocycles. The van der Waals surface area contributed by atoms with Crippen LogP contribution < -0.4 is 25.7 Å². The molecule has 0 fully saturated rings. The zero-order valence-corrected chi connectivity index (χ0v) is 25.2. The first kappa shape index (κ1) is 31.3. The number of rotatable bonds is 9. The van der Waals surface area contributed by atoms with Crippen molar-refractivity contribution in [3.8, 4) is 17.2 Å². The van der Waals surface area contributed by atoms with Crippen molar-refractivity contribution in [2.75, 3.05) is 6.79 Å². The van der Waals surface area contributed by atoms with E-state index < -0.39 is 23.3 Å². The van der Waals surface area contributed by atoms with Gasteiger partial charge in [0.25, 0.3) is 0 Å². The fourth-order valence-corrected chi connectivity index (χ4v) is 5.10. The number of aliphatic carboxylic acids is 1. The number of hydrogen-bond donors (Lipinski definition) is 3. The van der Waals surface area contributed by atoms with Crippen LogP contribution in [0, 0.1) is 5.92 Å². The minimum atomic E-state index is -1.94. The summed E-state index contributed by atoms with van der Waals surface area (Å²) in [6, 6.07) is 17.2. The summed E-state index contributed by atoms with van der Waals surface area (Å²) < 4.78 is 18.9. The van der Waals surface area contributed by atoms with Gasteiger partial charge in [-0.3, -0.25) is 4.79 Å². The van der Waals surface area contributed by atoms with Crippen molar-refractivity contribution in [2.45, 2.75) is 39.0 Å². The Hall–Kier alpha value is -3.63. The number of benzene rings is 3. The number of halogens is 3. The van der Waals surface area contributed by atoms with E-state index in [1.54, 1.807) is 32.0 Å². The Morgan fingerprint density at radius 3 is 2.31 bits per heavy atom. The Morgan fingerprint density at radius 2 is 1.71 bits per heavy atom. The summed E-state index contributed by atoms with van der Waals surface area (Å²) >= 11 is 18.9. The highest BCUT2D eigenvalue weighted by Gasteiger charge is 2.44. The fraction of sp³-hybridized carbons (Fsp3) is 0.267. The molecule has 4 aromatic rings. The van der Waals surface area contributed by atoms with Crippen LogP contribution in [0.4, 0.5) is 0 Å². The molecule has 0 unspecified atom stereocenters. The molecule has 3 aromatic carbocycles. The van der Waals surface area contributed by atoms with Crippen LogP contribution in [0.15, 0.2) is 60.8 Å². The average molecular weight is 635 g/mol. The molecule has 1 amide bonds. The first-order valence-corrected chi connectivity index (χ1v) is 14.1. The summed E-state index contributed by atoms with van der Waals surface area (Å²) in [4.78, 5) is 21.4. The number of carbonyl (C=O) groups excluding carboxylic acids is 1. The highest BCUT2D eigenvalue weighted by molar-refractivity contribution is 6.36. The molecular formula is C30H30Cl3N3O6. The van der Waals surface area contributed by atoms with Gasteiger partial charge in [0.1, 0.15) is 12.4 Å². The van der Waals surface area contributed by atoms with E-state index in [2.05, 4.69) is 4.57 Å². The molecule has 2 atom stereocenters. The van der Waals surface area contributed by atoms with Gasteiger partial charge in [-0.25, -0.2) is 4.79 Å². The fourth-order valence-electron chi connectivity index (χ4n) is 4.38. The van der Waals surface area contributed by atoms with Crippen molar-refractivity contribution in [3.63, 3.8) is 0 Å². The van der Waals surface area contributed by atoms with Crippen molar-refractivity contribution in [2.24, 2.45) is 17.4 Å². The molecule has 0 radical (unpaired) electrons. The monoisotopic (exact) mass is 633 g/mol. The van der Waals surface area contributed by atoms with Crippen LogP contribution in [0.25, 0.3) is 10.9 Å². The van der Waals surface area contributed by atoms with E-state index >= 15 is 0 Å². The van der Waals surface area contributed by atoms with E-state index in [9.17, 15) is 9.59 Å². The normalized spacial score (nSPS) is 14.0. The second-order valence-electron chi connectivity index (χ2n) is 9.80. The Labute approximate surface area is 257 Å². The van der Waals surface area contributed by atoms with E-state index in [1.807, 2.05) is 42.6 Å². The lowest BCUT2D eigenvalue weighted by molar-refractivity contribution is -0.150. The van der Waals surface area contributed by atoms with Crippen LogP contribution in [0.1, 0.15) is 31.4 Å². The molecule has 0 bridgehead atoms. The Bertz CT molecular complexity index is 1590. The number of carboxylic acid groups (broad SMARTS) is 1. The van der Waals surface area contributed by atoms with E-state index in [1.165, 1.54) is 0 Å². The van der Waals surface area contributed by atoms with Gasteiger partial charge in [-0.05, 0) is 53.9 Å². The standard InChI is InChI=1S/C23H16Cl3NO3.C7H14N2O3/c24-18-2-1-3-19(25)17(18)12-28-16-4-5-21-14(8-16)6-7-27(21)11-15-9-22-23(10-20(15)26)30-13-29-22;1-3-4(2)7(9,5(8)10)6(11)12/h1-10H,11-13H2;4H,3,9H2,1-2H3,(H2,8,10)(H,11,12)/t;4-,7-/m.0/s1. The van der Waals surface area contributed by atoms with Crippen molar-refractivity contribution in [3.05, 3.63) is 87.0 Å². The summed E-state index contributed by atoms with van der Waals surface area (Å²) in [5.41, 5.74) is 11.1. The van der Waals surface area contributed by atoms with Gasteiger partial charge in [0.05, 0.1) is 0 Å². The number of carboxylic acids is 1. The van der Waals surface area contributed by atoms with Gasteiger partial charge < -0.3 is 35.4 Å². The molecule has 1 aromatic heterocycles. The first-order chi connectivity index (χ1) is 19.9. The van der Waals surface area contributed by atoms with Crippen molar-refractivity contribution in [1.82, 2.24) is 4.57 Å². The summed E-state index contributed by atoms with van der Waals surface area (Å²) in [5, 5.41) is 11.6. The van der Waals surface area contributed by atoms with Crippen molar-refractivity contribution in [1.29, 1.82) is 0 Å². The zero-order chi connectivity index (χ0) is 30.6. The van der Waals surface area contributed by atoms with E-state index in [0.717, 1.165) is 33.5 Å². The Balaban J connectivity index is 0.000000288. The highest BCUT2D eigenvalue weighted by Crippen LogP contribution is 2.37. The van der Waals surface area contributed by atoms with Crippen molar-refractivity contribution >= 4 is 57.6 Å². The second-order valence-corrected chi connectivity index (χ2v) is 11.0. The van der Waals surface area contributed by atoms with Crippen LogP contribution >= 0.6 is 34.8 Å². The predicted molar refractivity (Wildman–Crippen MR) is 163 cm³/mol. The average Bonchev–Trinajstić information content (AvgIpc) is 3.58. The number of hydrogen-bond acceptors (Lipinski definition) is 6. The zero-order valence-electron chi connectivity index (χ0n) is 22.9. The molecule has 42 heavy (non-hydrogen) atoms. The van der Waals surface area contributed by atoms with E-state index in [0.29, 0.717) is 40.4 Å². The lowest BCUT2D eigenvalue weighted by Crippen LogP contribution is -2.62. The summed E-state index contributed by atoms with van der Waals surface area (Å²) in [6.07, 6.45) is 2.52. The molecule has 222 valence electrons. The number of amides is 1. The van der Waals surface area contributed by atoms with Crippen LogP contribution in [-0.4, -0.2) is 33.9 Å². The number of fused-ring (bicyclic) bond motifs is 2. The summed E-state index contributed by atoms with van der Waals surface area (Å²) in [5.74, 6) is -0.681. The quantitative estimate of drug-likeness (QED) is 0.185. The third kappa shape index (κ3) is 6.55. The maximum Gasteiger partial charge on any atom is 0.333 e. The molecule has 5 rings (SSSR count). The van der Waals surface area contributed by atoms with Crippen LogP contribution in [-0.2, 0) is 22.7 Å². The molecule has 1 aliphatic rings. The molecule has 12 heteroatoms. The number of carbonyl (C=O) groups is 2. The van der Waals surface area contributed by atoms with Gasteiger partial charge in [0.2, 0.25) is 12.7 Å². The smallest absolute Gasteiger partial charge is 0.333 e. The van der Waals surface area contributed by atoms with Gasteiger partial charge in [-0.15, -0.1) is 0 Å². The third-order valence-corrected chi connectivity index (χ3v) is 8.28. The molecule has 9 nitrogen and oxygen atoms in total. The topological polar surface area (TPSA) is 139 Å². The van der Waals surface area contributed by atoms with Gasteiger partial charge in [0.15, 0.2) is 17.0 Å². The molecule has 1 aliphatic heterocycles. The van der Waals surface area contributed by atoms with E-state index in [-0.39, 0.29) is 6.79 Å². The van der Waals surface area contributed by atoms with Gasteiger partial charge in [0, 0.05) is 50.3 Å². The molecule has 5 N–H and O–H groups in total. The first-order valence-electron chi connectivity index (χ1n) is 13.0. The maximum absolute atomic E-state index is 10.8. The molecule has 0 aliphatic carbocycles. The Morgan fingerprint density at radius 1 is 1.05 bits per heavy atom. The lowest BCUT2D eigenvalue weighted by Gasteiger charge is -2.26. The predicted octanol–water partition coefficient (Wildman–Crippen LogP) is 6.26. The number of primary amides is 1. The summed E-state index contributed by atoms with van der Waals surface area (Å²) in [7, 11) is 0. The summed E-state index contributed by atoms with van der Waals surface area (Å²) in [6.45, 7) is 4.48. The minimum absolute atomic E-state index is 0.226. The molecule has 0 spiro atoms. The van der Waals surface area contributed by atoms with Crippen LogP contribution in [0.3, 0.4) is 0 Å². The number of aromatic nitrogens is 1. The largest absolute Gasteiger partial charge is 0.489 e. The molecule has 2 heterocycles. The number of ether oxygens (including phenoxy) is 3. The van der Waals surface area contributed by atoms with Gasteiger partial charge in [-0.1, -0.05) is 61.1 Å². The SMILES string of the molecule is CC[C@H](C)[C@](N)(C(N)=O)C(=O)O.Clc1cc2c(cc1Cn1ccc3cc(OCc4c(Cl)cccc4Cl)ccc31)OCO2. The lowest BCUT2D eigenvalue weighted by atomic mass is 9.84.